The van der Waals surface area contributed by atoms with Crippen LogP contribution >= 0.6 is 0 Å². The van der Waals surface area contributed by atoms with Crippen molar-refractivity contribution >= 4 is 11.4 Å². The van der Waals surface area contributed by atoms with E-state index in [2.05, 4.69) is 36.4 Å². The van der Waals surface area contributed by atoms with Gasteiger partial charge in [0, 0.05) is 23.3 Å². The zero-order valence-corrected chi connectivity index (χ0v) is 23.9. The molecule has 0 fully saturated rings. The Kier molecular flexibility index (Phi) is 7.62. The number of benzene rings is 5. The topological polar surface area (TPSA) is 51.0 Å². The van der Waals surface area contributed by atoms with Crippen molar-refractivity contribution in [2.75, 3.05) is 0 Å². The highest BCUT2D eigenvalue weighted by Gasteiger charge is 2.08. The van der Waals surface area contributed by atoms with Gasteiger partial charge in [0.1, 0.15) is 11.5 Å². The van der Waals surface area contributed by atoms with Crippen LogP contribution in [0, 0.1) is 0 Å². The molecule has 0 spiro atoms. The molecule has 4 nitrogen and oxygen atoms in total. The number of hydrogen-bond donors (Lipinski definition) is 0. The van der Waals surface area contributed by atoms with Crippen LogP contribution < -0.4 is 11.1 Å². The van der Waals surface area contributed by atoms with E-state index in [1.165, 1.54) is 0 Å². The van der Waals surface area contributed by atoms with Crippen molar-refractivity contribution in [3.63, 3.8) is 0 Å². The Morgan fingerprint density at radius 1 is 0.295 bits per heavy atom. The van der Waals surface area contributed by atoms with E-state index in [-0.39, 0.29) is 0 Å². The number of hydrogen-bond acceptors (Lipinski definition) is 4. The van der Waals surface area contributed by atoms with Gasteiger partial charge in [-0.25, -0.2) is 9.98 Å². The highest BCUT2D eigenvalue weighted by Crippen LogP contribution is 2.27. The van der Waals surface area contributed by atoms with E-state index in [0.29, 0.717) is 11.1 Å². The number of nitrogens with zero attached hydrogens (tertiary/aromatic N) is 2. The van der Waals surface area contributed by atoms with Crippen molar-refractivity contribution in [3.05, 3.63) is 181 Å². The van der Waals surface area contributed by atoms with E-state index in [9.17, 15) is 0 Å². The van der Waals surface area contributed by atoms with Gasteiger partial charge in [0.05, 0.1) is 11.4 Å². The van der Waals surface area contributed by atoms with Crippen LogP contribution in [-0.4, -0.2) is 0 Å². The monoisotopic (exact) mass is 568 g/mol. The molecule has 2 aromatic heterocycles. The molecule has 7 aromatic rings. The van der Waals surface area contributed by atoms with Crippen LogP contribution in [0.2, 0.25) is 0 Å². The van der Waals surface area contributed by atoms with Crippen LogP contribution in [0.15, 0.2) is 189 Å². The van der Waals surface area contributed by atoms with Gasteiger partial charge in [-0.05, 0) is 58.7 Å². The molecule has 5 aromatic carbocycles. The van der Waals surface area contributed by atoms with Gasteiger partial charge in [-0.1, -0.05) is 121 Å². The summed E-state index contributed by atoms with van der Waals surface area (Å²) in [7, 11) is 0. The molecule has 2 heterocycles. The quantitative estimate of drug-likeness (QED) is 0.200. The Balaban J connectivity index is 1.27. The molecule has 0 radical (unpaired) electrons. The fourth-order valence-electron chi connectivity index (χ4n) is 5.03. The summed E-state index contributed by atoms with van der Waals surface area (Å²) in [5.74, 6) is 1.51. The van der Waals surface area contributed by atoms with Gasteiger partial charge in [0.15, 0.2) is 0 Å². The van der Waals surface area contributed by atoms with Gasteiger partial charge in [0.2, 0.25) is 11.1 Å². The molecule has 0 aliphatic rings. The normalized spacial score (nSPS) is 11.9. The summed E-state index contributed by atoms with van der Waals surface area (Å²) in [5, 5.41) is 0. The van der Waals surface area contributed by atoms with Crippen molar-refractivity contribution in [1.82, 2.24) is 0 Å². The van der Waals surface area contributed by atoms with Crippen LogP contribution in [0.4, 0.5) is 11.4 Å². The summed E-state index contributed by atoms with van der Waals surface area (Å²) >= 11 is 0. The second-order valence-electron chi connectivity index (χ2n) is 10.3. The second-order valence-corrected chi connectivity index (χ2v) is 10.3. The largest absolute Gasteiger partial charge is 0.438 e. The standard InChI is InChI=1S/C40H28N2O2/c1-5-13-29(14-6-1)33-25-37(31-17-9-3-10-18-31)43-39(27-33)41-35-21-23-36(24-22-35)42-40-28-34(30-15-7-2-8-16-30)26-38(44-40)32-19-11-4-12-20-32/h1-28H. The van der Waals surface area contributed by atoms with E-state index in [1.807, 2.05) is 133 Å². The molecule has 0 amide bonds. The maximum atomic E-state index is 6.26. The Labute approximate surface area is 255 Å². The van der Waals surface area contributed by atoms with Crippen LogP contribution in [-0.2, 0) is 0 Å². The van der Waals surface area contributed by atoms with E-state index < -0.39 is 0 Å². The van der Waals surface area contributed by atoms with Crippen LogP contribution in [0.1, 0.15) is 0 Å². The SMILES string of the molecule is c1ccc(-c2cc(-c3ccccc3)oc(=Nc3ccc(N=c4cc(-c5ccccc5)cc(-c5ccccc5)o4)cc3)c2)cc1. The summed E-state index contributed by atoms with van der Waals surface area (Å²) in [6.45, 7) is 0. The molecule has 0 N–H and O–H groups in total. The van der Waals surface area contributed by atoms with E-state index in [1.54, 1.807) is 0 Å². The van der Waals surface area contributed by atoms with Gasteiger partial charge in [-0.3, -0.25) is 0 Å². The van der Waals surface area contributed by atoms with Gasteiger partial charge in [0.25, 0.3) is 0 Å². The lowest BCUT2D eigenvalue weighted by Crippen LogP contribution is -2.02. The maximum absolute atomic E-state index is 6.26. The lowest BCUT2D eigenvalue weighted by molar-refractivity contribution is 0.511. The van der Waals surface area contributed by atoms with Crippen LogP contribution in [0.3, 0.4) is 0 Å². The molecule has 0 aliphatic carbocycles. The van der Waals surface area contributed by atoms with E-state index in [0.717, 1.165) is 56.3 Å². The fourth-order valence-corrected chi connectivity index (χ4v) is 5.03. The molecule has 4 heteroatoms. The lowest BCUT2D eigenvalue weighted by Gasteiger charge is -2.06. The molecule has 0 unspecified atom stereocenters. The Morgan fingerprint density at radius 2 is 0.614 bits per heavy atom. The summed E-state index contributed by atoms with van der Waals surface area (Å²) in [4.78, 5) is 9.67. The molecule has 0 bridgehead atoms. The predicted molar refractivity (Wildman–Crippen MR) is 176 cm³/mol. The third-order valence-corrected chi connectivity index (χ3v) is 7.22. The Morgan fingerprint density at radius 3 is 0.955 bits per heavy atom. The zero-order valence-electron chi connectivity index (χ0n) is 23.9. The highest BCUT2D eigenvalue weighted by atomic mass is 16.3. The smallest absolute Gasteiger partial charge is 0.220 e. The molecule has 0 saturated heterocycles. The molecule has 0 saturated carbocycles. The third kappa shape index (κ3) is 6.25. The maximum Gasteiger partial charge on any atom is 0.220 e. The average molecular weight is 569 g/mol. The average Bonchev–Trinajstić information content (AvgIpc) is 3.10. The van der Waals surface area contributed by atoms with Gasteiger partial charge < -0.3 is 8.83 Å². The molecule has 0 atom stereocenters. The van der Waals surface area contributed by atoms with Gasteiger partial charge in [-0.2, -0.15) is 0 Å². The summed E-state index contributed by atoms with van der Waals surface area (Å²) in [6.07, 6.45) is 0. The lowest BCUT2D eigenvalue weighted by atomic mass is 10.0. The van der Waals surface area contributed by atoms with E-state index >= 15 is 0 Å². The second kappa shape index (κ2) is 12.5. The van der Waals surface area contributed by atoms with Crippen LogP contribution in [0.25, 0.3) is 44.9 Å². The molecule has 44 heavy (non-hydrogen) atoms. The van der Waals surface area contributed by atoms with E-state index in [4.69, 9.17) is 18.8 Å². The Hall–Kier alpha value is -6.00. The molecule has 7 rings (SSSR count). The first kappa shape index (κ1) is 26.9. The van der Waals surface area contributed by atoms with Crippen molar-refractivity contribution < 1.29 is 8.83 Å². The third-order valence-electron chi connectivity index (χ3n) is 7.22. The molecular weight excluding hydrogens is 540 g/mol. The number of rotatable bonds is 6. The first-order chi connectivity index (χ1) is 21.8. The molecule has 0 aliphatic heterocycles. The van der Waals surface area contributed by atoms with Crippen molar-refractivity contribution in [1.29, 1.82) is 0 Å². The zero-order chi connectivity index (χ0) is 29.6. The summed E-state index contributed by atoms with van der Waals surface area (Å²) in [5.41, 5.74) is 8.82. The molecular formula is C40H28N2O2. The van der Waals surface area contributed by atoms with Crippen molar-refractivity contribution in [2.45, 2.75) is 0 Å². The van der Waals surface area contributed by atoms with Crippen molar-refractivity contribution in [2.24, 2.45) is 9.98 Å². The minimum atomic E-state index is 0.521. The summed E-state index contributed by atoms with van der Waals surface area (Å²) in [6, 6.07) is 56.5. The van der Waals surface area contributed by atoms with Crippen LogP contribution in [0.5, 0.6) is 0 Å². The minimum Gasteiger partial charge on any atom is -0.438 e. The van der Waals surface area contributed by atoms with Gasteiger partial charge >= 0.3 is 0 Å². The fraction of sp³-hybridized carbons (Fsp3) is 0. The highest BCUT2D eigenvalue weighted by molar-refractivity contribution is 5.70. The molecule has 210 valence electrons. The van der Waals surface area contributed by atoms with Crippen molar-refractivity contribution in [3.8, 4) is 44.9 Å². The minimum absolute atomic E-state index is 0.521. The summed E-state index contributed by atoms with van der Waals surface area (Å²) < 4.78 is 12.5. The first-order valence-electron chi connectivity index (χ1n) is 14.5. The Bertz CT molecular complexity index is 1850. The van der Waals surface area contributed by atoms with Gasteiger partial charge in [-0.15, -0.1) is 0 Å². The first-order valence-corrected chi connectivity index (χ1v) is 14.5. The predicted octanol–water partition coefficient (Wildman–Crippen LogP) is 10.0.